The van der Waals surface area contributed by atoms with Crippen LogP contribution >= 0.6 is 11.8 Å². The molecule has 0 radical (unpaired) electrons. The molecule has 20 heavy (non-hydrogen) atoms. The Morgan fingerprint density at radius 2 is 1.95 bits per heavy atom. The summed E-state index contributed by atoms with van der Waals surface area (Å²) >= 11 is 1.45. The van der Waals surface area contributed by atoms with Crippen molar-refractivity contribution in [3.63, 3.8) is 0 Å². The maximum atomic E-state index is 11.8. The molecule has 0 bridgehead atoms. The molecule has 0 heterocycles. The lowest BCUT2D eigenvalue weighted by Crippen LogP contribution is -2.33. The van der Waals surface area contributed by atoms with E-state index in [4.69, 9.17) is 5.11 Å². The fourth-order valence-corrected chi connectivity index (χ4v) is 3.29. The molecular formula is C15H19NO3S. The van der Waals surface area contributed by atoms with Crippen molar-refractivity contribution in [2.75, 3.05) is 5.75 Å². The maximum absolute atomic E-state index is 11.8. The first-order valence-corrected chi connectivity index (χ1v) is 8.00. The topological polar surface area (TPSA) is 66.4 Å². The van der Waals surface area contributed by atoms with Crippen LogP contribution in [0, 0.1) is 0 Å². The molecule has 2 rings (SSSR count). The smallest absolute Gasteiger partial charge is 0.335 e. The Bertz CT molecular complexity index is 484. The fraction of sp³-hybridized carbons (Fsp3) is 0.467. The van der Waals surface area contributed by atoms with E-state index in [9.17, 15) is 9.59 Å². The summed E-state index contributed by atoms with van der Waals surface area (Å²) in [6.45, 7) is 0. The molecule has 0 atom stereocenters. The number of benzene rings is 1. The summed E-state index contributed by atoms with van der Waals surface area (Å²) in [7, 11) is 0. The van der Waals surface area contributed by atoms with E-state index in [2.05, 4.69) is 5.32 Å². The second-order valence-corrected chi connectivity index (χ2v) is 5.99. The highest BCUT2D eigenvalue weighted by Crippen LogP contribution is 2.19. The molecule has 1 aromatic carbocycles. The van der Waals surface area contributed by atoms with Gasteiger partial charge in [-0.25, -0.2) is 4.79 Å². The van der Waals surface area contributed by atoms with E-state index in [1.54, 1.807) is 18.2 Å². The monoisotopic (exact) mass is 293 g/mol. The Morgan fingerprint density at radius 3 is 2.65 bits per heavy atom. The summed E-state index contributed by atoms with van der Waals surface area (Å²) in [5.74, 6) is 0.0525. The third kappa shape index (κ3) is 4.27. The number of hydrogen-bond acceptors (Lipinski definition) is 3. The quantitative estimate of drug-likeness (QED) is 0.846. The second-order valence-electron chi connectivity index (χ2n) is 5.00. The van der Waals surface area contributed by atoms with Crippen molar-refractivity contribution in [2.24, 2.45) is 0 Å². The average molecular weight is 293 g/mol. The zero-order valence-electron chi connectivity index (χ0n) is 11.3. The molecule has 0 saturated heterocycles. The lowest BCUT2D eigenvalue weighted by molar-refractivity contribution is -0.119. The second kappa shape index (κ2) is 7.33. The van der Waals surface area contributed by atoms with Gasteiger partial charge in [-0.15, -0.1) is 11.8 Å². The summed E-state index contributed by atoms with van der Waals surface area (Å²) in [5.41, 5.74) is 1.08. The van der Waals surface area contributed by atoms with Crippen LogP contribution in [0.25, 0.3) is 0 Å². The van der Waals surface area contributed by atoms with Gasteiger partial charge in [-0.3, -0.25) is 4.79 Å². The molecule has 4 nitrogen and oxygen atoms in total. The summed E-state index contributed by atoms with van der Waals surface area (Å²) in [6.07, 6.45) is 4.56. The van der Waals surface area contributed by atoms with E-state index >= 15 is 0 Å². The number of hydrogen-bond donors (Lipinski definition) is 2. The number of rotatable bonds is 6. The van der Waals surface area contributed by atoms with Crippen LogP contribution in [0.3, 0.4) is 0 Å². The molecule has 108 valence electrons. The van der Waals surface area contributed by atoms with Crippen LogP contribution in [0.5, 0.6) is 0 Å². The normalized spacial score (nSPS) is 15.2. The standard InChI is InChI=1S/C15H19NO3S/c17-14(16-12-6-2-3-7-12)10-20-9-11-5-1-4-8-13(11)15(18)19/h1,4-5,8,12H,2-3,6-7,9-10H2,(H,16,17)(H,18,19). The molecule has 0 spiro atoms. The molecule has 2 N–H and O–H groups in total. The lowest BCUT2D eigenvalue weighted by Gasteiger charge is -2.11. The van der Waals surface area contributed by atoms with Gasteiger partial charge in [0.05, 0.1) is 11.3 Å². The predicted octanol–water partition coefficient (Wildman–Crippen LogP) is 2.68. The van der Waals surface area contributed by atoms with Crippen molar-refractivity contribution in [2.45, 2.75) is 37.5 Å². The summed E-state index contributed by atoms with van der Waals surface area (Å²) in [6, 6.07) is 7.27. The Hall–Kier alpha value is -1.49. The summed E-state index contributed by atoms with van der Waals surface area (Å²) in [4.78, 5) is 22.8. The zero-order chi connectivity index (χ0) is 14.4. The van der Waals surface area contributed by atoms with Gasteiger partial charge in [-0.2, -0.15) is 0 Å². The highest BCUT2D eigenvalue weighted by atomic mass is 32.2. The van der Waals surface area contributed by atoms with Gasteiger partial charge in [-0.05, 0) is 24.5 Å². The SMILES string of the molecule is O=C(CSCc1ccccc1C(=O)O)NC1CCCC1. The number of aromatic carboxylic acids is 1. The Morgan fingerprint density at radius 1 is 1.25 bits per heavy atom. The predicted molar refractivity (Wildman–Crippen MR) is 80.0 cm³/mol. The average Bonchev–Trinajstić information content (AvgIpc) is 2.92. The summed E-state index contributed by atoms with van der Waals surface area (Å²) in [5, 5.41) is 12.1. The number of amides is 1. The van der Waals surface area contributed by atoms with Crippen LogP contribution in [0.4, 0.5) is 0 Å². The van der Waals surface area contributed by atoms with E-state index < -0.39 is 5.97 Å². The molecule has 1 aromatic rings. The van der Waals surface area contributed by atoms with Crippen molar-refractivity contribution < 1.29 is 14.7 Å². The number of nitrogens with one attached hydrogen (secondary N) is 1. The van der Waals surface area contributed by atoms with Crippen molar-refractivity contribution in [1.29, 1.82) is 0 Å². The van der Waals surface area contributed by atoms with E-state index in [0.29, 0.717) is 23.1 Å². The van der Waals surface area contributed by atoms with E-state index in [0.717, 1.165) is 18.4 Å². The molecule has 1 fully saturated rings. The highest BCUT2D eigenvalue weighted by molar-refractivity contribution is 7.99. The first-order chi connectivity index (χ1) is 9.66. The highest BCUT2D eigenvalue weighted by Gasteiger charge is 2.17. The summed E-state index contributed by atoms with van der Waals surface area (Å²) < 4.78 is 0. The van der Waals surface area contributed by atoms with Crippen LogP contribution in [-0.4, -0.2) is 28.8 Å². The number of carboxylic acid groups (broad SMARTS) is 1. The minimum absolute atomic E-state index is 0.0507. The molecule has 5 heteroatoms. The molecular weight excluding hydrogens is 274 g/mol. The van der Waals surface area contributed by atoms with Crippen molar-refractivity contribution in [3.8, 4) is 0 Å². The molecule has 1 amide bonds. The molecule has 1 saturated carbocycles. The number of thioether (sulfide) groups is 1. The van der Waals surface area contributed by atoms with Crippen LogP contribution in [-0.2, 0) is 10.5 Å². The Kier molecular flexibility index (Phi) is 5.47. The van der Waals surface area contributed by atoms with Crippen LogP contribution in [0.2, 0.25) is 0 Å². The van der Waals surface area contributed by atoms with Crippen LogP contribution in [0.15, 0.2) is 24.3 Å². The van der Waals surface area contributed by atoms with Crippen molar-refractivity contribution in [3.05, 3.63) is 35.4 Å². The Labute approximate surface area is 123 Å². The van der Waals surface area contributed by atoms with Crippen LogP contribution < -0.4 is 5.32 Å². The van der Waals surface area contributed by atoms with E-state index in [-0.39, 0.29) is 5.91 Å². The third-order valence-corrected chi connectivity index (χ3v) is 4.44. The first kappa shape index (κ1) is 14.9. The van der Waals surface area contributed by atoms with Crippen molar-refractivity contribution in [1.82, 2.24) is 5.32 Å². The lowest BCUT2D eigenvalue weighted by atomic mass is 10.1. The zero-order valence-corrected chi connectivity index (χ0v) is 12.1. The molecule has 1 aliphatic carbocycles. The van der Waals surface area contributed by atoms with Gasteiger partial charge in [0.25, 0.3) is 0 Å². The van der Waals surface area contributed by atoms with Gasteiger partial charge in [0.1, 0.15) is 0 Å². The van der Waals surface area contributed by atoms with Gasteiger partial charge in [0.15, 0.2) is 0 Å². The van der Waals surface area contributed by atoms with Gasteiger partial charge in [0.2, 0.25) is 5.91 Å². The first-order valence-electron chi connectivity index (χ1n) is 6.85. The van der Waals surface area contributed by atoms with Crippen LogP contribution in [0.1, 0.15) is 41.6 Å². The minimum Gasteiger partial charge on any atom is -0.478 e. The van der Waals surface area contributed by atoms with Gasteiger partial charge in [-0.1, -0.05) is 31.0 Å². The third-order valence-electron chi connectivity index (χ3n) is 3.46. The number of carbonyl (C=O) groups excluding carboxylic acids is 1. The fourth-order valence-electron chi connectivity index (χ4n) is 2.45. The largest absolute Gasteiger partial charge is 0.478 e. The number of carboxylic acids is 1. The Balaban J connectivity index is 1.78. The minimum atomic E-state index is -0.920. The van der Waals surface area contributed by atoms with Gasteiger partial charge < -0.3 is 10.4 Å². The molecule has 0 aromatic heterocycles. The maximum Gasteiger partial charge on any atom is 0.335 e. The van der Waals surface area contributed by atoms with Gasteiger partial charge in [0, 0.05) is 11.8 Å². The van der Waals surface area contributed by atoms with E-state index in [1.165, 1.54) is 24.6 Å². The van der Waals surface area contributed by atoms with Gasteiger partial charge >= 0.3 is 5.97 Å². The molecule has 0 aliphatic heterocycles. The molecule has 0 unspecified atom stereocenters. The van der Waals surface area contributed by atoms with Crippen molar-refractivity contribution >= 4 is 23.6 Å². The number of carbonyl (C=O) groups is 2. The molecule has 1 aliphatic rings. The van der Waals surface area contributed by atoms with E-state index in [1.807, 2.05) is 6.07 Å².